The minimum absolute atomic E-state index is 0.199. The van der Waals surface area contributed by atoms with E-state index in [2.05, 4.69) is 10.1 Å². The molecule has 0 saturated heterocycles. The van der Waals surface area contributed by atoms with Gasteiger partial charge >= 0.3 is 5.97 Å². The molecule has 9 heteroatoms. The van der Waals surface area contributed by atoms with E-state index in [0.717, 1.165) is 4.68 Å². The molecular weight excluding hydrogens is 360 g/mol. The Hall–Kier alpha value is -2.61. The van der Waals surface area contributed by atoms with Gasteiger partial charge in [-0.2, -0.15) is 5.10 Å². The summed E-state index contributed by atoms with van der Waals surface area (Å²) in [7, 11) is 3.21. The van der Waals surface area contributed by atoms with E-state index in [4.69, 9.17) is 21.1 Å². The van der Waals surface area contributed by atoms with Gasteiger partial charge in [0.05, 0.1) is 12.8 Å². The van der Waals surface area contributed by atoms with Crippen molar-refractivity contribution in [1.29, 1.82) is 0 Å². The van der Waals surface area contributed by atoms with Crippen LogP contribution in [0.5, 0.6) is 5.75 Å². The van der Waals surface area contributed by atoms with Gasteiger partial charge in [-0.25, -0.2) is 14.5 Å². The smallest absolute Gasteiger partial charge is 0.349 e. The molecule has 26 heavy (non-hydrogen) atoms. The van der Waals surface area contributed by atoms with E-state index in [1.165, 1.54) is 19.3 Å². The van der Waals surface area contributed by atoms with Crippen LogP contribution in [0, 0.1) is 0 Å². The molecule has 2 aromatic heterocycles. The van der Waals surface area contributed by atoms with Crippen LogP contribution in [0.25, 0.3) is 0 Å². The topological polar surface area (TPSA) is 86.5 Å². The number of hydrogen-bond acceptors (Lipinski definition) is 7. The highest BCUT2D eigenvalue weighted by atomic mass is 35.5. The monoisotopic (exact) mass is 380 g/mol. The number of carbonyl (C=O) groups excluding carboxylic acids is 1. The van der Waals surface area contributed by atoms with Crippen molar-refractivity contribution in [3.8, 4) is 5.75 Å². The fourth-order valence-electron chi connectivity index (χ4n) is 2.19. The van der Waals surface area contributed by atoms with Gasteiger partial charge < -0.3 is 14.4 Å². The van der Waals surface area contributed by atoms with Crippen LogP contribution in [-0.2, 0) is 16.6 Å². The van der Waals surface area contributed by atoms with Crippen LogP contribution < -0.4 is 15.2 Å². The maximum absolute atomic E-state index is 12.2. The van der Waals surface area contributed by atoms with Crippen LogP contribution in [0.3, 0.4) is 0 Å². The quantitative estimate of drug-likeness (QED) is 0.710. The number of rotatable bonds is 6. The van der Waals surface area contributed by atoms with Crippen LogP contribution in [-0.4, -0.2) is 40.0 Å². The lowest BCUT2D eigenvalue weighted by Gasteiger charge is -2.24. The summed E-state index contributed by atoms with van der Waals surface area (Å²) in [6.45, 7) is 5.24. The van der Waals surface area contributed by atoms with Crippen LogP contribution in [0.1, 0.15) is 20.8 Å². The predicted molar refractivity (Wildman–Crippen MR) is 98.1 cm³/mol. The van der Waals surface area contributed by atoms with E-state index < -0.39 is 11.6 Å². The Morgan fingerprint density at radius 3 is 2.65 bits per heavy atom. The zero-order valence-electron chi connectivity index (χ0n) is 15.3. The summed E-state index contributed by atoms with van der Waals surface area (Å²) in [5, 5.41) is 4.05. The summed E-state index contributed by atoms with van der Waals surface area (Å²) >= 11 is 5.93. The molecule has 0 aliphatic carbocycles. The van der Waals surface area contributed by atoms with E-state index in [1.54, 1.807) is 44.9 Å². The maximum atomic E-state index is 12.2. The van der Waals surface area contributed by atoms with Gasteiger partial charge in [-0.05, 0) is 32.9 Å². The zero-order valence-corrected chi connectivity index (χ0v) is 16.1. The van der Waals surface area contributed by atoms with Crippen molar-refractivity contribution in [1.82, 2.24) is 14.8 Å². The van der Waals surface area contributed by atoms with Gasteiger partial charge in [0.2, 0.25) is 0 Å². The summed E-state index contributed by atoms with van der Waals surface area (Å²) in [6.07, 6.45) is 1.47. The van der Waals surface area contributed by atoms with Gasteiger partial charge in [-0.1, -0.05) is 11.6 Å². The molecule has 0 saturated carbocycles. The number of aryl methyl sites for hydroxylation is 1. The third-order valence-corrected chi connectivity index (χ3v) is 3.76. The molecule has 0 aliphatic rings. The number of hydrogen-bond donors (Lipinski definition) is 0. The van der Waals surface area contributed by atoms with Gasteiger partial charge in [-0.3, -0.25) is 4.79 Å². The van der Waals surface area contributed by atoms with Crippen LogP contribution in [0.15, 0.2) is 29.2 Å². The maximum Gasteiger partial charge on any atom is 0.349 e. The first kappa shape index (κ1) is 19.7. The summed E-state index contributed by atoms with van der Waals surface area (Å²) < 4.78 is 11.8. The molecule has 0 radical (unpaired) electrons. The second-order valence-corrected chi connectivity index (χ2v) is 6.41. The first-order chi connectivity index (χ1) is 12.2. The first-order valence-electron chi connectivity index (χ1n) is 7.95. The highest BCUT2D eigenvalue weighted by Gasteiger charge is 2.31. The largest absolute Gasteiger partial charge is 0.475 e. The second kappa shape index (κ2) is 7.74. The number of ether oxygens (including phenoxy) is 2. The van der Waals surface area contributed by atoms with Gasteiger partial charge in [-0.15, -0.1) is 0 Å². The van der Waals surface area contributed by atoms with Crippen molar-refractivity contribution in [2.24, 2.45) is 7.05 Å². The minimum Gasteiger partial charge on any atom is -0.475 e. The van der Waals surface area contributed by atoms with Crippen molar-refractivity contribution >= 4 is 29.1 Å². The zero-order chi connectivity index (χ0) is 19.5. The lowest BCUT2D eigenvalue weighted by Crippen LogP contribution is -2.39. The number of nitrogens with zero attached hydrogens (tertiary/aromatic N) is 4. The van der Waals surface area contributed by atoms with Crippen LogP contribution in [0.2, 0.25) is 5.15 Å². The number of esters is 1. The third-order valence-electron chi connectivity index (χ3n) is 3.58. The molecule has 8 nitrogen and oxygen atoms in total. The average molecular weight is 381 g/mol. The number of anilines is 2. The lowest BCUT2D eigenvalue weighted by molar-refractivity contribution is -0.158. The molecule has 0 spiro atoms. The Morgan fingerprint density at radius 1 is 1.38 bits per heavy atom. The molecule has 140 valence electrons. The molecule has 0 N–H and O–H groups in total. The first-order valence-corrected chi connectivity index (χ1v) is 8.33. The highest BCUT2D eigenvalue weighted by molar-refractivity contribution is 6.29. The SMILES string of the molecule is CCOC(=O)C(C)(C)Oc1ccc(N(C)c2cc(Cl)nn(C)c2=O)nc1. The van der Waals surface area contributed by atoms with Crippen LogP contribution in [0.4, 0.5) is 11.5 Å². The number of halogens is 1. The van der Waals surface area contributed by atoms with Crippen molar-refractivity contribution in [2.45, 2.75) is 26.4 Å². The number of pyridine rings is 1. The molecule has 2 aromatic rings. The second-order valence-electron chi connectivity index (χ2n) is 6.03. The van der Waals surface area contributed by atoms with Crippen molar-refractivity contribution in [3.05, 3.63) is 39.9 Å². The Bertz CT molecular complexity index is 849. The van der Waals surface area contributed by atoms with Crippen molar-refractivity contribution in [3.63, 3.8) is 0 Å². The van der Waals surface area contributed by atoms with E-state index in [1.807, 2.05) is 0 Å². The van der Waals surface area contributed by atoms with Gasteiger partial charge in [0, 0.05) is 20.2 Å². The standard InChI is InChI=1S/C17H21ClN4O4/c1-6-25-16(24)17(2,3)26-11-7-8-14(19-10-11)21(4)12-9-13(18)20-22(5)15(12)23/h7-10H,6H2,1-5H3. The molecule has 0 amide bonds. The molecule has 0 aromatic carbocycles. The van der Waals surface area contributed by atoms with E-state index in [-0.39, 0.29) is 17.3 Å². The fourth-order valence-corrected chi connectivity index (χ4v) is 2.41. The molecule has 0 aliphatic heterocycles. The summed E-state index contributed by atoms with van der Waals surface area (Å²) in [4.78, 5) is 30.0. The molecule has 2 rings (SSSR count). The van der Waals surface area contributed by atoms with E-state index >= 15 is 0 Å². The Balaban J connectivity index is 2.22. The molecule has 0 bridgehead atoms. The number of aromatic nitrogens is 3. The van der Waals surface area contributed by atoms with E-state index in [9.17, 15) is 9.59 Å². The molecular formula is C17H21ClN4O4. The fraction of sp³-hybridized carbons (Fsp3) is 0.412. The summed E-state index contributed by atoms with van der Waals surface area (Å²) in [5.41, 5.74) is -1.11. The Kier molecular flexibility index (Phi) is 5.86. The normalized spacial score (nSPS) is 11.2. The van der Waals surface area contributed by atoms with E-state index in [0.29, 0.717) is 17.3 Å². The van der Waals surface area contributed by atoms with Gasteiger partial charge in [0.25, 0.3) is 5.56 Å². The van der Waals surface area contributed by atoms with Gasteiger partial charge in [0.15, 0.2) is 10.8 Å². The van der Waals surface area contributed by atoms with Crippen LogP contribution >= 0.6 is 11.6 Å². The average Bonchev–Trinajstić information content (AvgIpc) is 2.58. The van der Waals surface area contributed by atoms with Gasteiger partial charge in [0.1, 0.15) is 17.3 Å². The molecule has 0 fully saturated rings. The molecule has 2 heterocycles. The third kappa shape index (κ3) is 4.32. The lowest BCUT2D eigenvalue weighted by atomic mass is 10.1. The number of carbonyl (C=O) groups is 1. The van der Waals surface area contributed by atoms with Crippen molar-refractivity contribution < 1.29 is 14.3 Å². The summed E-state index contributed by atoms with van der Waals surface area (Å²) in [5.74, 6) is 0.447. The highest BCUT2D eigenvalue weighted by Crippen LogP contribution is 2.24. The Morgan fingerprint density at radius 2 is 2.08 bits per heavy atom. The summed E-state index contributed by atoms with van der Waals surface area (Å²) in [6, 6.07) is 4.80. The molecule has 0 unspecified atom stereocenters. The molecule has 0 atom stereocenters. The minimum atomic E-state index is -1.14. The Labute approximate surface area is 156 Å². The predicted octanol–water partition coefficient (Wildman–Crippen LogP) is 2.32. The van der Waals surface area contributed by atoms with Crippen molar-refractivity contribution in [2.75, 3.05) is 18.6 Å².